The van der Waals surface area contributed by atoms with E-state index in [0.717, 1.165) is 6.07 Å². The Kier molecular flexibility index (Phi) is 9.39. The summed E-state index contributed by atoms with van der Waals surface area (Å²) in [6.45, 7) is 7.41. The second-order valence-electron chi connectivity index (χ2n) is 6.27. The first kappa shape index (κ1) is 25.7. The maximum absolute atomic E-state index is 12.5. The average molecular weight is 416 g/mol. The largest absolute Gasteiger partial charge is 1.00 e. The van der Waals surface area contributed by atoms with Gasteiger partial charge in [-0.15, -0.1) is 5.75 Å². The third-order valence-electron chi connectivity index (χ3n) is 3.97. The molecule has 1 aromatic carbocycles. The molecule has 0 radical (unpaired) electrons. The van der Waals surface area contributed by atoms with E-state index in [0.29, 0.717) is 12.1 Å². The molecule has 3 rings (SSSR count). The second-order valence-corrected chi connectivity index (χ2v) is 6.27. The van der Waals surface area contributed by atoms with E-state index >= 15 is 0 Å². The number of nitrogens with one attached hydrogen (secondary N) is 1. The molecule has 0 aliphatic carbocycles. The molecule has 0 aliphatic rings. The van der Waals surface area contributed by atoms with Crippen molar-refractivity contribution in [2.45, 2.75) is 33.6 Å². The Morgan fingerprint density at radius 1 is 1.14 bits per heavy atom. The Hall–Kier alpha value is -1.36. The molecule has 0 aliphatic heterocycles. The van der Waals surface area contributed by atoms with Gasteiger partial charge in [-0.2, -0.15) is 4.98 Å². The van der Waals surface area contributed by atoms with E-state index in [9.17, 15) is 15.0 Å². The molecule has 0 spiro atoms. The number of benzene rings is 1. The molecule has 0 atom stereocenters. The molecule has 2 aromatic heterocycles. The van der Waals surface area contributed by atoms with Crippen molar-refractivity contribution < 1.29 is 83.2 Å². The van der Waals surface area contributed by atoms with Crippen LogP contribution in [0.15, 0.2) is 21.2 Å². The molecule has 0 saturated carbocycles. The van der Waals surface area contributed by atoms with Gasteiger partial charge in [0.25, 0.3) is 5.91 Å². The van der Waals surface area contributed by atoms with E-state index in [1.807, 2.05) is 13.8 Å². The summed E-state index contributed by atoms with van der Waals surface area (Å²) in [4.78, 5) is 16.5. The first-order valence-electron chi connectivity index (χ1n) is 8.44. The molecule has 0 bridgehead atoms. The predicted molar refractivity (Wildman–Crippen MR) is 91.0 cm³/mol. The smallest absolute Gasteiger partial charge is 0.872 e. The predicted octanol–water partition coefficient (Wildman–Crippen LogP) is -4.27. The molecule has 0 saturated heterocycles. The van der Waals surface area contributed by atoms with E-state index in [-0.39, 0.29) is 105 Å². The van der Waals surface area contributed by atoms with E-state index in [1.165, 1.54) is 6.07 Å². The van der Waals surface area contributed by atoms with Crippen molar-refractivity contribution in [1.29, 1.82) is 0 Å². The van der Waals surface area contributed by atoms with Gasteiger partial charge in [-0.05, 0) is 18.9 Å². The Bertz CT molecular complexity index is 1000. The van der Waals surface area contributed by atoms with E-state index in [2.05, 4.69) is 20.6 Å². The SMILES string of the molecule is CCNC(=O)c1noc(-c2cc(C(C)C)c([O-])cc2[O-])c1-c1noc(C)n1.[Na+].[Na+]. The van der Waals surface area contributed by atoms with Crippen LogP contribution in [-0.4, -0.2) is 27.7 Å². The number of carbonyl (C=O) groups excluding carboxylic acids is 1. The number of carbonyl (C=O) groups is 1. The van der Waals surface area contributed by atoms with Crippen molar-refractivity contribution in [3.8, 4) is 34.2 Å². The number of aromatic nitrogens is 3. The molecule has 11 heteroatoms. The summed E-state index contributed by atoms with van der Waals surface area (Å²) in [7, 11) is 0. The van der Waals surface area contributed by atoms with Crippen molar-refractivity contribution in [3.63, 3.8) is 0 Å². The first-order chi connectivity index (χ1) is 12.8. The van der Waals surface area contributed by atoms with Crippen LogP contribution in [0.5, 0.6) is 11.5 Å². The first-order valence-corrected chi connectivity index (χ1v) is 8.44. The van der Waals surface area contributed by atoms with Gasteiger partial charge in [0.05, 0.1) is 0 Å². The fourth-order valence-electron chi connectivity index (χ4n) is 2.69. The summed E-state index contributed by atoms with van der Waals surface area (Å²) in [5.41, 5.74) is 0.641. The number of hydrogen-bond donors (Lipinski definition) is 1. The normalized spacial score (nSPS) is 10.4. The number of hydrogen-bond acceptors (Lipinski definition) is 8. The van der Waals surface area contributed by atoms with Gasteiger partial charge >= 0.3 is 59.1 Å². The second kappa shape index (κ2) is 10.6. The number of rotatable bonds is 5. The zero-order valence-corrected chi connectivity index (χ0v) is 21.3. The standard InChI is InChI=1S/C18H20N4O5.2Na/c1-5-19-18(25)15-14(17-20-9(4)26-22-17)16(27-21-15)11-6-10(8(2)3)12(23)7-13(11)24;;/h6-8,23-24H,5H2,1-4H3,(H,19,25);;/q;2*+1/p-2. The Labute approximate surface area is 211 Å². The van der Waals surface area contributed by atoms with E-state index in [4.69, 9.17) is 9.05 Å². The van der Waals surface area contributed by atoms with Gasteiger partial charge in [0.15, 0.2) is 11.5 Å². The van der Waals surface area contributed by atoms with Gasteiger partial charge in [0, 0.05) is 19.0 Å². The van der Waals surface area contributed by atoms with Crippen LogP contribution in [0.2, 0.25) is 0 Å². The van der Waals surface area contributed by atoms with Crippen LogP contribution >= 0.6 is 0 Å². The van der Waals surface area contributed by atoms with E-state index < -0.39 is 11.7 Å². The van der Waals surface area contributed by atoms with Crippen LogP contribution in [-0.2, 0) is 0 Å². The van der Waals surface area contributed by atoms with Crippen LogP contribution < -0.4 is 74.6 Å². The summed E-state index contributed by atoms with van der Waals surface area (Å²) in [5, 5.41) is 34.8. The fourth-order valence-corrected chi connectivity index (χ4v) is 2.69. The molecular formula is C18H18N4Na2O5. The molecule has 1 N–H and O–H groups in total. The van der Waals surface area contributed by atoms with Gasteiger partial charge in [-0.1, -0.05) is 41.5 Å². The van der Waals surface area contributed by atoms with Crippen LogP contribution in [0, 0.1) is 6.92 Å². The van der Waals surface area contributed by atoms with Gasteiger partial charge in [-0.25, -0.2) is 0 Å². The minimum Gasteiger partial charge on any atom is -0.872 e. The molecule has 29 heavy (non-hydrogen) atoms. The monoisotopic (exact) mass is 416 g/mol. The van der Waals surface area contributed by atoms with Crippen molar-refractivity contribution in [3.05, 3.63) is 29.3 Å². The molecule has 9 nitrogen and oxygen atoms in total. The summed E-state index contributed by atoms with van der Waals surface area (Å²) in [6, 6.07) is 2.47. The number of aryl methyl sites for hydroxylation is 1. The summed E-state index contributed by atoms with van der Waals surface area (Å²) in [5.74, 6) is -1.12. The Morgan fingerprint density at radius 3 is 2.38 bits per heavy atom. The fraction of sp³-hybridized carbons (Fsp3) is 0.333. The van der Waals surface area contributed by atoms with Gasteiger partial charge in [0.2, 0.25) is 11.7 Å². The Balaban J connectivity index is 0.00000210. The topological polar surface area (TPSA) is 140 Å². The zero-order chi connectivity index (χ0) is 19.7. The summed E-state index contributed by atoms with van der Waals surface area (Å²) >= 11 is 0. The Morgan fingerprint density at radius 2 is 1.83 bits per heavy atom. The minimum atomic E-state index is -0.538. The van der Waals surface area contributed by atoms with Crippen molar-refractivity contribution >= 4 is 5.91 Å². The third-order valence-corrected chi connectivity index (χ3v) is 3.97. The molecular weight excluding hydrogens is 398 g/mol. The molecule has 3 aromatic rings. The number of nitrogens with zero attached hydrogens (tertiary/aromatic N) is 3. The van der Waals surface area contributed by atoms with Gasteiger partial charge in [-0.3, -0.25) is 4.79 Å². The maximum atomic E-state index is 12.5. The molecule has 1 amide bonds. The van der Waals surface area contributed by atoms with E-state index in [1.54, 1.807) is 13.8 Å². The maximum Gasteiger partial charge on any atom is 1.00 e. The van der Waals surface area contributed by atoms with Crippen molar-refractivity contribution in [2.75, 3.05) is 6.54 Å². The quantitative estimate of drug-likeness (QED) is 0.412. The van der Waals surface area contributed by atoms with Crippen LogP contribution in [0.25, 0.3) is 22.7 Å². The summed E-state index contributed by atoms with van der Waals surface area (Å²) < 4.78 is 10.3. The minimum absolute atomic E-state index is 0. The molecule has 142 valence electrons. The average Bonchev–Trinajstić information content (AvgIpc) is 3.20. The number of amides is 1. The van der Waals surface area contributed by atoms with Crippen molar-refractivity contribution in [1.82, 2.24) is 20.6 Å². The van der Waals surface area contributed by atoms with Crippen LogP contribution in [0.3, 0.4) is 0 Å². The van der Waals surface area contributed by atoms with Crippen LogP contribution in [0.4, 0.5) is 0 Å². The molecule has 2 heterocycles. The van der Waals surface area contributed by atoms with Gasteiger partial charge < -0.3 is 24.6 Å². The zero-order valence-electron chi connectivity index (χ0n) is 17.3. The summed E-state index contributed by atoms with van der Waals surface area (Å²) in [6.07, 6.45) is 0. The van der Waals surface area contributed by atoms with Crippen molar-refractivity contribution in [2.24, 2.45) is 0 Å². The van der Waals surface area contributed by atoms with Gasteiger partial charge in [0.1, 0.15) is 5.56 Å². The third kappa shape index (κ3) is 5.22. The van der Waals surface area contributed by atoms with Crippen LogP contribution in [0.1, 0.15) is 48.6 Å². The molecule has 0 unspecified atom stereocenters. The molecule has 0 fully saturated rings.